The fourth-order valence-corrected chi connectivity index (χ4v) is 4.58. The molecule has 2 fully saturated rings. The fraction of sp³-hybridized carbons (Fsp3) is 0.733. The number of rotatable bonds is 5. The minimum absolute atomic E-state index is 0.0459. The van der Waals surface area contributed by atoms with Gasteiger partial charge < -0.3 is 10.1 Å². The van der Waals surface area contributed by atoms with Crippen molar-refractivity contribution in [3.63, 3.8) is 0 Å². The van der Waals surface area contributed by atoms with Crippen molar-refractivity contribution in [2.75, 3.05) is 39.0 Å². The molecule has 3 rings (SSSR count). The van der Waals surface area contributed by atoms with E-state index in [4.69, 9.17) is 4.74 Å². The van der Waals surface area contributed by atoms with E-state index in [-0.39, 0.29) is 11.7 Å². The molecule has 0 aromatic carbocycles. The smallest absolute Gasteiger partial charge is 0.281 e. The average molecular weight is 355 g/mol. The van der Waals surface area contributed by atoms with Crippen molar-refractivity contribution in [1.82, 2.24) is 18.6 Å². The normalized spacial score (nSPS) is 28.5. The predicted molar refractivity (Wildman–Crippen MR) is 90.8 cm³/mol. The lowest BCUT2D eigenvalue weighted by atomic mass is 9.90. The number of nitrogens with zero attached hydrogens (tertiary/aromatic N) is 4. The first-order chi connectivity index (χ1) is 11.4. The number of ether oxygens (including phenoxy) is 1. The molecule has 0 radical (unpaired) electrons. The van der Waals surface area contributed by atoms with Crippen LogP contribution in [0.1, 0.15) is 25.7 Å². The molecule has 0 saturated carbocycles. The van der Waals surface area contributed by atoms with Gasteiger partial charge in [0, 0.05) is 46.1 Å². The molecule has 0 amide bonds. The van der Waals surface area contributed by atoms with Crippen LogP contribution in [0.25, 0.3) is 0 Å². The van der Waals surface area contributed by atoms with Crippen LogP contribution in [-0.4, -0.2) is 72.4 Å². The van der Waals surface area contributed by atoms with Crippen LogP contribution in [0.5, 0.6) is 0 Å². The SMILES string of the molecule is CN(C)S(=O)(=O)N1CC[C@]2(CCC[C@H](CNc3ncccn3)O2)C1. The zero-order valence-corrected chi connectivity index (χ0v) is 15.0. The summed E-state index contributed by atoms with van der Waals surface area (Å²) in [5.74, 6) is 0.587. The quantitative estimate of drug-likeness (QED) is 0.837. The van der Waals surface area contributed by atoms with Crippen molar-refractivity contribution in [3.05, 3.63) is 18.5 Å². The minimum Gasteiger partial charge on any atom is -0.369 e. The lowest BCUT2D eigenvalue weighted by Crippen LogP contribution is -2.47. The molecule has 2 atom stereocenters. The van der Waals surface area contributed by atoms with Gasteiger partial charge in [0.2, 0.25) is 5.95 Å². The first-order valence-electron chi connectivity index (χ1n) is 8.28. The lowest BCUT2D eigenvalue weighted by Gasteiger charge is -2.38. The van der Waals surface area contributed by atoms with Gasteiger partial charge in [-0.25, -0.2) is 9.97 Å². The molecule has 1 aromatic heterocycles. The maximum Gasteiger partial charge on any atom is 0.281 e. The molecule has 1 spiro atoms. The second-order valence-electron chi connectivity index (χ2n) is 6.64. The van der Waals surface area contributed by atoms with E-state index in [1.54, 1.807) is 32.6 Å². The summed E-state index contributed by atoms with van der Waals surface area (Å²) in [5.41, 5.74) is -0.356. The topological polar surface area (TPSA) is 87.7 Å². The van der Waals surface area contributed by atoms with E-state index in [1.165, 1.54) is 8.61 Å². The highest BCUT2D eigenvalue weighted by Gasteiger charge is 2.46. The maximum absolute atomic E-state index is 12.3. The minimum atomic E-state index is -3.37. The van der Waals surface area contributed by atoms with Crippen LogP contribution in [0.2, 0.25) is 0 Å². The van der Waals surface area contributed by atoms with Crippen molar-refractivity contribution in [2.24, 2.45) is 0 Å². The van der Waals surface area contributed by atoms with E-state index in [0.29, 0.717) is 25.6 Å². The summed E-state index contributed by atoms with van der Waals surface area (Å²) in [7, 11) is -0.245. The molecular weight excluding hydrogens is 330 g/mol. The second kappa shape index (κ2) is 6.91. The van der Waals surface area contributed by atoms with E-state index in [1.807, 2.05) is 0 Å². The van der Waals surface area contributed by atoms with Gasteiger partial charge in [0.1, 0.15) is 0 Å². The Hall–Kier alpha value is -1.29. The van der Waals surface area contributed by atoms with Gasteiger partial charge in [-0.1, -0.05) is 0 Å². The highest BCUT2D eigenvalue weighted by atomic mass is 32.2. The van der Waals surface area contributed by atoms with Crippen molar-refractivity contribution in [1.29, 1.82) is 0 Å². The molecule has 2 saturated heterocycles. The second-order valence-corrected chi connectivity index (χ2v) is 8.78. The van der Waals surface area contributed by atoms with Gasteiger partial charge in [0.25, 0.3) is 10.2 Å². The summed E-state index contributed by atoms with van der Waals surface area (Å²) in [6.45, 7) is 1.58. The number of nitrogens with one attached hydrogen (secondary N) is 1. The molecule has 2 aliphatic rings. The van der Waals surface area contributed by atoms with Gasteiger partial charge in [0.05, 0.1) is 11.7 Å². The van der Waals surface area contributed by atoms with Crippen molar-refractivity contribution in [3.8, 4) is 0 Å². The van der Waals surface area contributed by atoms with Crippen LogP contribution in [-0.2, 0) is 14.9 Å². The first-order valence-corrected chi connectivity index (χ1v) is 9.67. The summed E-state index contributed by atoms with van der Waals surface area (Å²) in [6, 6.07) is 1.77. The average Bonchev–Trinajstić information content (AvgIpc) is 2.98. The van der Waals surface area contributed by atoms with Crippen LogP contribution >= 0.6 is 0 Å². The lowest BCUT2D eigenvalue weighted by molar-refractivity contribution is -0.113. The first kappa shape index (κ1) is 17.5. The molecule has 24 heavy (non-hydrogen) atoms. The van der Waals surface area contributed by atoms with Gasteiger partial charge >= 0.3 is 0 Å². The third-order valence-electron chi connectivity index (χ3n) is 4.70. The number of anilines is 1. The van der Waals surface area contributed by atoms with Crippen LogP contribution in [0, 0.1) is 0 Å². The Morgan fingerprint density at radius 2 is 2.12 bits per heavy atom. The Kier molecular flexibility index (Phi) is 5.05. The van der Waals surface area contributed by atoms with Gasteiger partial charge in [-0.2, -0.15) is 17.0 Å². The third kappa shape index (κ3) is 3.69. The molecule has 0 unspecified atom stereocenters. The summed E-state index contributed by atoms with van der Waals surface area (Å²) >= 11 is 0. The molecule has 8 nitrogen and oxygen atoms in total. The predicted octanol–water partition coefficient (Wildman–Crippen LogP) is 0.709. The van der Waals surface area contributed by atoms with E-state index >= 15 is 0 Å². The standard InChI is InChI=1S/C15H25N5O3S/c1-19(2)24(21,22)20-10-7-15(12-20)6-3-5-13(23-15)11-18-14-16-8-4-9-17-14/h4,8-9,13H,3,5-7,10-12H2,1-2H3,(H,16,17,18)/t13-,15-/m1/s1. The monoisotopic (exact) mass is 355 g/mol. The number of aromatic nitrogens is 2. The summed E-state index contributed by atoms with van der Waals surface area (Å²) in [6.07, 6.45) is 7.09. The Bertz CT molecular complexity index is 654. The van der Waals surface area contributed by atoms with Crippen molar-refractivity contribution < 1.29 is 13.2 Å². The largest absolute Gasteiger partial charge is 0.369 e. The maximum atomic E-state index is 12.3. The van der Waals surface area contributed by atoms with Crippen LogP contribution in [0.15, 0.2) is 18.5 Å². The molecule has 1 N–H and O–H groups in total. The summed E-state index contributed by atoms with van der Waals surface area (Å²) in [5, 5.41) is 3.19. The van der Waals surface area contributed by atoms with E-state index < -0.39 is 10.2 Å². The third-order valence-corrected chi connectivity index (χ3v) is 6.58. The van der Waals surface area contributed by atoms with Gasteiger partial charge in [-0.3, -0.25) is 0 Å². The molecule has 134 valence electrons. The fourth-order valence-electron chi connectivity index (χ4n) is 3.40. The molecule has 9 heteroatoms. The highest BCUT2D eigenvalue weighted by molar-refractivity contribution is 7.86. The zero-order chi connectivity index (χ0) is 17.2. The van der Waals surface area contributed by atoms with Gasteiger partial charge in [0.15, 0.2) is 0 Å². The molecule has 0 bridgehead atoms. The molecule has 0 aliphatic carbocycles. The Labute approximate surface area is 143 Å². The summed E-state index contributed by atoms with van der Waals surface area (Å²) < 4.78 is 33.8. The van der Waals surface area contributed by atoms with E-state index in [2.05, 4.69) is 15.3 Å². The van der Waals surface area contributed by atoms with Crippen LogP contribution < -0.4 is 5.32 Å². The van der Waals surface area contributed by atoms with E-state index in [9.17, 15) is 8.42 Å². The highest BCUT2D eigenvalue weighted by Crippen LogP contribution is 2.37. The van der Waals surface area contributed by atoms with Crippen molar-refractivity contribution >= 4 is 16.2 Å². The summed E-state index contributed by atoms with van der Waals surface area (Å²) in [4.78, 5) is 8.29. The van der Waals surface area contributed by atoms with Crippen LogP contribution in [0.4, 0.5) is 5.95 Å². The Balaban J connectivity index is 1.59. The molecular formula is C15H25N5O3S. The Morgan fingerprint density at radius 3 is 2.83 bits per heavy atom. The number of hydrogen-bond donors (Lipinski definition) is 1. The molecule has 2 aliphatic heterocycles. The Morgan fingerprint density at radius 1 is 1.38 bits per heavy atom. The van der Waals surface area contributed by atoms with Crippen LogP contribution in [0.3, 0.4) is 0 Å². The van der Waals surface area contributed by atoms with Gasteiger partial charge in [-0.05, 0) is 31.7 Å². The molecule has 3 heterocycles. The van der Waals surface area contributed by atoms with Crippen molar-refractivity contribution in [2.45, 2.75) is 37.4 Å². The van der Waals surface area contributed by atoms with Gasteiger partial charge in [-0.15, -0.1) is 0 Å². The zero-order valence-electron chi connectivity index (χ0n) is 14.2. The molecule has 1 aromatic rings. The number of hydrogen-bond acceptors (Lipinski definition) is 6. The van der Waals surface area contributed by atoms with E-state index in [0.717, 1.165) is 25.7 Å².